The van der Waals surface area contributed by atoms with E-state index >= 15 is 0 Å². The van der Waals surface area contributed by atoms with Crippen molar-refractivity contribution >= 4 is 37.8 Å². The van der Waals surface area contributed by atoms with Crippen LogP contribution in [0, 0.1) is 0 Å². The highest BCUT2D eigenvalue weighted by Crippen LogP contribution is 2.11. The van der Waals surface area contributed by atoms with Crippen molar-refractivity contribution < 1.29 is 9.53 Å². The standard InChI is InChI=1S/C13H17Br2NO2/c1-18-9-12(6-7-14)16-13(17)8-10-2-4-11(15)5-3-10/h2-5,12H,6-9H2,1H3,(H,16,17). The molecular weight excluding hydrogens is 362 g/mol. The average molecular weight is 379 g/mol. The van der Waals surface area contributed by atoms with Crippen LogP contribution in [-0.2, 0) is 16.0 Å². The van der Waals surface area contributed by atoms with Crippen molar-refractivity contribution in [3.8, 4) is 0 Å². The van der Waals surface area contributed by atoms with Gasteiger partial charge in [-0.05, 0) is 24.1 Å². The molecule has 5 heteroatoms. The lowest BCUT2D eigenvalue weighted by Gasteiger charge is -2.16. The van der Waals surface area contributed by atoms with Gasteiger partial charge in [-0.1, -0.05) is 44.0 Å². The fraction of sp³-hybridized carbons (Fsp3) is 0.462. The molecule has 1 unspecified atom stereocenters. The molecule has 0 aliphatic heterocycles. The Morgan fingerprint density at radius 2 is 2.06 bits per heavy atom. The van der Waals surface area contributed by atoms with Crippen LogP contribution >= 0.6 is 31.9 Å². The van der Waals surface area contributed by atoms with Gasteiger partial charge in [-0.2, -0.15) is 0 Å². The Labute approximate surface area is 125 Å². The summed E-state index contributed by atoms with van der Waals surface area (Å²) in [7, 11) is 1.64. The molecular formula is C13H17Br2NO2. The molecule has 1 atom stereocenters. The van der Waals surface area contributed by atoms with E-state index in [0.29, 0.717) is 13.0 Å². The van der Waals surface area contributed by atoms with E-state index in [0.717, 1.165) is 21.8 Å². The molecule has 0 spiro atoms. The number of halogens is 2. The van der Waals surface area contributed by atoms with E-state index in [2.05, 4.69) is 37.2 Å². The molecule has 0 heterocycles. The van der Waals surface area contributed by atoms with E-state index in [1.807, 2.05) is 24.3 Å². The number of rotatable bonds is 7. The minimum atomic E-state index is 0.0281. The van der Waals surface area contributed by atoms with Gasteiger partial charge >= 0.3 is 0 Å². The molecule has 0 aliphatic carbocycles. The summed E-state index contributed by atoms with van der Waals surface area (Å²) in [6.07, 6.45) is 1.26. The van der Waals surface area contributed by atoms with E-state index < -0.39 is 0 Å². The van der Waals surface area contributed by atoms with Gasteiger partial charge in [-0.25, -0.2) is 0 Å². The predicted molar refractivity (Wildman–Crippen MR) is 80.1 cm³/mol. The topological polar surface area (TPSA) is 38.3 Å². The molecule has 0 bridgehead atoms. The summed E-state index contributed by atoms with van der Waals surface area (Å²) >= 11 is 6.74. The fourth-order valence-electron chi connectivity index (χ4n) is 1.60. The second kappa shape index (κ2) is 8.67. The number of carbonyl (C=O) groups is 1. The number of hydrogen-bond acceptors (Lipinski definition) is 2. The van der Waals surface area contributed by atoms with Crippen molar-refractivity contribution in [2.24, 2.45) is 0 Å². The van der Waals surface area contributed by atoms with Crippen LogP contribution in [0.5, 0.6) is 0 Å². The largest absolute Gasteiger partial charge is 0.383 e. The Hall–Kier alpha value is -0.390. The smallest absolute Gasteiger partial charge is 0.224 e. The Balaban J connectivity index is 2.46. The first-order valence-electron chi connectivity index (χ1n) is 5.74. The zero-order chi connectivity index (χ0) is 13.4. The van der Waals surface area contributed by atoms with Crippen molar-refractivity contribution in [3.05, 3.63) is 34.3 Å². The third-order valence-corrected chi connectivity index (χ3v) is 3.45. The highest BCUT2D eigenvalue weighted by molar-refractivity contribution is 9.10. The predicted octanol–water partition coefficient (Wildman–Crippen LogP) is 2.91. The highest BCUT2D eigenvalue weighted by Gasteiger charge is 2.11. The summed E-state index contributed by atoms with van der Waals surface area (Å²) in [5.41, 5.74) is 1.01. The summed E-state index contributed by atoms with van der Waals surface area (Å²) < 4.78 is 6.10. The minimum absolute atomic E-state index is 0.0281. The molecule has 0 aromatic heterocycles. The minimum Gasteiger partial charge on any atom is -0.383 e. The molecule has 3 nitrogen and oxygen atoms in total. The van der Waals surface area contributed by atoms with Gasteiger partial charge in [0.15, 0.2) is 0 Å². The lowest BCUT2D eigenvalue weighted by Crippen LogP contribution is -2.39. The highest BCUT2D eigenvalue weighted by atomic mass is 79.9. The molecule has 0 saturated carbocycles. The second-order valence-corrected chi connectivity index (χ2v) is 5.71. The van der Waals surface area contributed by atoms with Crippen LogP contribution in [0.2, 0.25) is 0 Å². The Morgan fingerprint density at radius 1 is 1.39 bits per heavy atom. The summed E-state index contributed by atoms with van der Waals surface area (Å²) in [5.74, 6) is 0.0281. The molecule has 1 amide bonds. The van der Waals surface area contributed by atoms with Crippen molar-refractivity contribution in [1.29, 1.82) is 0 Å². The van der Waals surface area contributed by atoms with Crippen molar-refractivity contribution in [2.75, 3.05) is 19.0 Å². The first-order chi connectivity index (χ1) is 8.65. The molecule has 0 fully saturated rings. The maximum absolute atomic E-state index is 11.9. The van der Waals surface area contributed by atoms with Gasteiger partial charge in [0, 0.05) is 16.9 Å². The molecule has 1 N–H and O–H groups in total. The van der Waals surface area contributed by atoms with Gasteiger partial charge in [-0.15, -0.1) is 0 Å². The summed E-state index contributed by atoms with van der Waals surface area (Å²) in [6, 6.07) is 7.83. The molecule has 18 heavy (non-hydrogen) atoms. The van der Waals surface area contributed by atoms with Crippen LogP contribution in [0.4, 0.5) is 0 Å². The van der Waals surface area contributed by atoms with E-state index in [9.17, 15) is 4.79 Å². The number of benzene rings is 1. The van der Waals surface area contributed by atoms with Crippen molar-refractivity contribution in [2.45, 2.75) is 18.9 Å². The Kier molecular flexibility index (Phi) is 7.54. The molecule has 1 aromatic rings. The van der Waals surface area contributed by atoms with E-state index in [4.69, 9.17) is 4.74 Å². The zero-order valence-electron chi connectivity index (χ0n) is 10.3. The number of ether oxygens (including phenoxy) is 1. The molecule has 0 aliphatic rings. The number of carbonyl (C=O) groups excluding carboxylic acids is 1. The molecule has 0 radical (unpaired) electrons. The molecule has 0 saturated heterocycles. The molecule has 100 valence electrons. The second-order valence-electron chi connectivity index (χ2n) is 4.00. The number of alkyl halides is 1. The monoisotopic (exact) mass is 377 g/mol. The van der Waals surface area contributed by atoms with Crippen LogP contribution in [0.3, 0.4) is 0 Å². The van der Waals surface area contributed by atoms with Gasteiger partial charge in [0.1, 0.15) is 0 Å². The Bertz CT molecular complexity index is 362. The van der Waals surface area contributed by atoms with Gasteiger partial charge in [0.05, 0.1) is 19.1 Å². The molecule has 1 aromatic carbocycles. The third kappa shape index (κ3) is 5.98. The summed E-state index contributed by atoms with van der Waals surface area (Å²) in [6.45, 7) is 0.539. The van der Waals surface area contributed by atoms with Gasteiger partial charge in [-0.3, -0.25) is 4.79 Å². The van der Waals surface area contributed by atoms with Crippen molar-refractivity contribution in [3.63, 3.8) is 0 Å². The fourth-order valence-corrected chi connectivity index (χ4v) is 2.41. The maximum atomic E-state index is 11.9. The van der Waals surface area contributed by atoms with Gasteiger partial charge < -0.3 is 10.1 Å². The zero-order valence-corrected chi connectivity index (χ0v) is 13.5. The van der Waals surface area contributed by atoms with Crippen molar-refractivity contribution in [1.82, 2.24) is 5.32 Å². The lowest BCUT2D eigenvalue weighted by atomic mass is 10.1. The summed E-state index contributed by atoms with van der Waals surface area (Å²) in [4.78, 5) is 11.9. The van der Waals surface area contributed by atoms with Gasteiger partial charge in [0.25, 0.3) is 0 Å². The number of nitrogens with one attached hydrogen (secondary N) is 1. The maximum Gasteiger partial charge on any atom is 0.224 e. The number of amides is 1. The number of hydrogen-bond donors (Lipinski definition) is 1. The van der Waals surface area contributed by atoms with Crippen LogP contribution in [0.15, 0.2) is 28.7 Å². The van der Waals surface area contributed by atoms with Crippen LogP contribution in [0.25, 0.3) is 0 Å². The van der Waals surface area contributed by atoms with Crippen LogP contribution in [0.1, 0.15) is 12.0 Å². The average Bonchev–Trinajstić information content (AvgIpc) is 2.33. The summed E-state index contributed by atoms with van der Waals surface area (Å²) in [5, 5.41) is 3.82. The number of methoxy groups -OCH3 is 1. The van der Waals surface area contributed by atoms with Gasteiger partial charge in [0.2, 0.25) is 5.91 Å². The SMILES string of the molecule is COCC(CCBr)NC(=O)Cc1ccc(Br)cc1. The van der Waals surface area contributed by atoms with E-state index in [1.54, 1.807) is 7.11 Å². The van der Waals surface area contributed by atoms with Crippen LogP contribution in [-0.4, -0.2) is 31.0 Å². The quantitative estimate of drug-likeness (QED) is 0.741. The Morgan fingerprint density at radius 3 is 2.61 bits per heavy atom. The normalized spacial score (nSPS) is 12.2. The first-order valence-corrected chi connectivity index (χ1v) is 7.66. The van der Waals surface area contributed by atoms with Crippen LogP contribution < -0.4 is 5.32 Å². The molecule has 1 rings (SSSR count). The third-order valence-electron chi connectivity index (χ3n) is 2.47. The lowest BCUT2D eigenvalue weighted by molar-refractivity contribution is -0.121. The van der Waals surface area contributed by atoms with E-state index in [-0.39, 0.29) is 11.9 Å². The van der Waals surface area contributed by atoms with E-state index in [1.165, 1.54) is 0 Å². The first kappa shape index (κ1) is 15.7.